The van der Waals surface area contributed by atoms with E-state index >= 15 is 0 Å². The molecule has 2 nitrogen and oxygen atoms in total. The molecule has 0 radical (unpaired) electrons. The molecule has 0 saturated heterocycles. The molecule has 0 aromatic heterocycles. The van der Waals surface area contributed by atoms with E-state index in [1.54, 1.807) is 0 Å². The molecule has 2 rings (SSSR count). The van der Waals surface area contributed by atoms with E-state index in [0.29, 0.717) is 6.10 Å². The lowest BCUT2D eigenvalue weighted by atomic mass is 9.98. The van der Waals surface area contributed by atoms with Gasteiger partial charge in [-0.1, -0.05) is 19.3 Å². The standard InChI is InChI=1S/C14H21NO/c15-12-8-10-14(11-9-12)16-13-6-4-2-1-3-5-7-13/h8-11,13H,1-7,15H2. The molecule has 1 aromatic carbocycles. The molecule has 16 heavy (non-hydrogen) atoms. The van der Waals surface area contributed by atoms with Crippen LogP contribution in [0.1, 0.15) is 44.9 Å². The van der Waals surface area contributed by atoms with Crippen LogP contribution in [0.2, 0.25) is 0 Å². The van der Waals surface area contributed by atoms with E-state index < -0.39 is 0 Å². The minimum atomic E-state index is 0.406. The highest BCUT2D eigenvalue weighted by Crippen LogP contribution is 2.22. The highest BCUT2D eigenvalue weighted by Gasteiger charge is 2.12. The van der Waals surface area contributed by atoms with E-state index in [9.17, 15) is 0 Å². The first kappa shape index (κ1) is 11.3. The molecule has 1 aliphatic carbocycles. The van der Waals surface area contributed by atoms with Crippen molar-refractivity contribution in [2.45, 2.75) is 51.0 Å². The SMILES string of the molecule is Nc1ccc(OC2CCCCCCC2)cc1. The summed E-state index contributed by atoms with van der Waals surface area (Å²) in [6.07, 6.45) is 9.54. The topological polar surface area (TPSA) is 35.2 Å². The number of benzene rings is 1. The molecule has 1 fully saturated rings. The fraction of sp³-hybridized carbons (Fsp3) is 0.571. The second-order valence-corrected chi connectivity index (χ2v) is 4.65. The third-order valence-corrected chi connectivity index (χ3v) is 3.24. The quantitative estimate of drug-likeness (QED) is 0.769. The Morgan fingerprint density at radius 1 is 0.875 bits per heavy atom. The summed E-state index contributed by atoms with van der Waals surface area (Å²) >= 11 is 0. The van der Waals surface area contributed by atoms with Gasteiger partial charge in [-0.25, -0.2) is 0 Å². The van der Waals surface area contributed by atoms with Crippen LogP contribution in [0.3, 0.4) is 0 Å². The van der Waals surface area contributed by atoms with Gasteiger partial charge in [-0.05, 0) is 49.9 Å². The Kier molecular flexibility index (Phi) is 4.09. The van der Waals surface area contributed by atoms with Gasteiger partial charge in [0.2, 0.25) is 0 Å². The van der Waals surface area contributed by atoms with Crippen LogP contribution in [0.15, 0.2) is 24.3 Å². The molecule has 88 valence electrons. The van der Waals surface area contributed by atoms with Crippen molar-refractivity contribution in [1.82, 2.24) is 0 Å². The van der Waals surface area contributed by atoms with Gasteiger partial charge in [-0.3, -0.25) is 0 Å². The molecular weight excluding hydrogens is 198 g/mol. The molecule has 1 aromatic rings. The molecule has 1 aliphatic rings. The first-order valence-electron chi connectivity index (χ1n) is 6.37. The Labute approximate surface area is 97.8 Å². The minimum absolute atomic E-state index is 0.406. The number of rotatable bonds is 2. The minimum Gasteiger partial charge on any atom is -0.490 e. The highest BCUT2D eigenvalue weighted by atomic mass is 16.5. The number of hydrogen-bond donors (Lipinski definition) is 1. The van der Waals surface area contributed by atoms with Gasteiger partial charge in [0.25, 0.3) is 0 Å². The van der Waals surface area contributed by atoms with Crippen LogP contribution in [-0.4, -0.2) is 6.10 Å². The van der Waals surface area contributed by atoms with Crippen LogP contribution in [0.25, 0.3) is 0 Å². The zero-order chi connectivity index (χ0) is 11.2. The van der Waals surface area contributed by atoms with Crippen LogP contribution in [0.4, 0.5) is 5.69 Å². The predicted octanol–water partition coefficient (Wildman–Crippen LogP) is 3.76. The number of ether oxygens (including phenoxy) is 1. The molecule has 0 amide bonds. The second kappa shape index (κ2) is 5.78. The zero-order valence-corrected chi connectivity index (χ0v) is 9.82. The summed E-state index contributed by atoms with van der Waals surface area (Å²) in [5.74, 6) is 0.958. The average molecular weight is 219 g/mol. The highest BCUT2D eigenvalue weighted by molar-refractivity contribution is 5.41. The van der Waals surface area contributed by atoms with Crippen molar-refractivity contribution in [3.8, 4) is 5.75 Å². The van der Waals surface area contributed by atoms with Crippen LogP contribution < -0.4 is 10.5 Å². The summed E-state index contributed by atoms with van der Waals surface area (Å²) in [5, 5.41) is 0. The molecule has 0 bridgehead atoms. The van der Waals surface area contributed by atoms with Crippen molar-refractivity contribution in [2.24, 2.45) is 0 Å². The van der Waals surface area contributed by atoms with E-state index in [2.05, 4.69) is 0 Å². The van der Waals surface area contributed by atoms with E-state index in [4.69, 9.17) is 10.5 Å². The Balaban J connectivity index is 1.89. The van der Waals surface area contributed by atoms with E-state index in [0.717, 1.165) is 11.4 Å². The van der Waals surface area contributed by atoms with Gasteiger partial charge < -0.3 is 10.5 Å². The Morgan fingerprint density at radius 2 is 1.44 bits per heavy atom. The summed E-state index contributed by atoms with van der Waals surface area (Å²) in [5.41, 5.74) is 6.45. The summed E-state index contributed by atoms with van der Waals surface area (Å²) < 4.78 is 5.99. The fourth-order valence-corrected chi connectivity index (χ4v) is 2.28. The maximum atomic E-state index is 5.99. The van der Waals surface area contributed by atoms with Gasteiger partial charge in [0.1, 0.15) is 5.75 Å². The third kappa shape index (κ3) is 3.44. The van der Waals surface area contributed by atoms with Gasteiger partial charge in [0.05, 0.1) is 6.10 Å². The normalized spacial score (nSPS) is 18.8. The Hall–Kier alpha value is -1.18. The monoisotopic (exact) mass is 219 g/mol. The first-order chi connectivity index (χ1) is 7.84. The van der Waals surface area contributed by atoms with Gasteiger partial charge in [0, 0.05) is 5.69 Å². The van der Waals surface area contributed by atoms with E-state index in [-0.39, 0.29) is 0 Å². The zero-order valence-electron chi connectivity index (χ0n) is 9.82. The van der Waals surface area contributed by atoms with Gasteiger partial charge in [0.15, 0.2) is 0 Å². The summed E-state index contributed by atoms with van der Waals surface area (Å²) in [7, 11) is 0. The smallest absolute Gasteiger partial charge is 0.119 e. The molecule has 0 atom stereocenters. The maximum Gasteiger partial charge on any atom is 0.119 e. The van der Waals surface area contributed by atoms with Crippen molar-refractivity contribution in [3.63, 3.8) is 0 Å². The largest absolute Gasteiger partial charge is 0.490 e. The van der Waals surface area contributed by atoms with Gasteiger partial charge in [-0.2, -0.15) is 0 Å². The number of anilines is 1. The second-order valence-electron chi connectivity index (χ2n) is 4.65. The van der Waals surface area contributed by atoms with Gasteiger partial charge >= 0.3 is 0 Å². The number of nitrogens with two attached hydrogens (primary N) is 1. The third-order valence-electron chi connectivity index (χ3n) is 3.24. The lowest BCUT2D eigenvalue weighted by molar-refractivity contribution is 0.166. The van der Waals surface area contributed by atoms with Crippen LogP contribution >= 0.6 is 0 Å². The lowest BCUT2D eigenvalue weighted by Crippen LogP contribution is -2.17. The van der Waals surface area contributed by atoms with Crippen LogP contribution in [-0.2, 0) is 0 Å². The van der Waals surface area contributed by atoms with Crippen LogP contribution in [0.5, 0.6) is 5.75 Å². The maximum absolute atomic E-state index is 5.99. The van der Waals surface area contributed by atoms with Crippen molar-refractivity contribution < 1.29 is 4.74 Å². The van der Waals surface area contributed by atoms with Gasteiger partial charge in [-0.15, -0.1) is 0 Å². The van der Waals surface area contributed by atoms with Crippen molar-refractivity contribution in [2.75, 3.05) is 5.73 Å². The van der Waals surface area contributed by atoms with Crippen molar-refractivity contribution in [3.05, 3.63) is 24.3 Å². The molecule has 0 unspecified atom stereocenters. The summed E-state index contributed by atoms with van der Waals surface area (Å²) in [4.78, 5) is 0. The first-order valence-corrected chi connectivity index (χ1v) is 6.37. The van der Waals surface area contributed by atoms with E-state index in [1.165, 1.54) is 44.9 Å². The average Bonchev–Trinajstić information content (AvgIpc) is 2.25. The molecule has 2 N–H and O–H groups in total. The molecule has 0 heterocycles. The predicted molar refractivity (Wildman–Crippen MR) is 67.6 cm³/mol. The Bertz CT molecular complexity index is 299. The molecule has 0 spiro atoms. The summed E-state index contributed by atoms with van der Waals surface area (Å²) in [6.45, 7) is 0. The van der Waals surface area contributed by atoms with E-state index in [1.807, 2.05) is 24.3 Å². The summed E-state index contributed by atoms with van der Waals surface area (Å²) in [6, 6.07) is 7.73. The number of nitrogen functional groups attached to an aromatic ring is 1. The molecule has 0 aliphatic heterocycles. The molecule has 2 heteroatoms. The fourth-order valence-electron chi connectivity index (χ4n) is 2.28. The Morgan fingerprint density at radius 3 is 2.06 bits per heavy atom. The van der Waals surface area contributed by atoms with Crippen molar-refractivity contribution >= 4 is 5.69 Å². The molecular formula is C14H21NO. The molecule has 1 saturated carbocycles. The lowest BCUT2D eigenvalue weighted by Gasteiger charge is -2.21. The van der Waals surface area contributed by atoms with Crippen LogP contribution in [0, 0.1) is 0 Å². The number of hydrogen-bond acceptors (Lipinski definition) is 2. The van der Waals surface area contributed by atoms with Crippen molar-refractivity contribution in [1.29, 1.82) is 0 Å².